The molecule has 3 N–H and O–H groups in total. The van der Waals surface area contributed by atoms with Gasteiger partial charge in [0.1, 0.15) is 30.5 Å². The van der Waals surface area contributed by atoms with E-state index in [1.165, 1.54) is 54.4 Å². The SMILES string of the molecule is CCCCCCCOc1ccc(-c2cnc(-c3ccc(C[C@H](NC(=O)c4ccc(C(C)(C)C)s4)C(=O)N[C@@H](Cn4cncn4)C(=O)O)cc3)nc2)cc1. The minimum atomic E-state index is -1.29. The molecule has 5 aromatic rings. The largest absolute Gasteiger partial charge is 0.494 e. The number of rotatable bonds is 18. The molecule has 0 aliphatic rings. The van der Waals surface area contributed by atoms with Crippen LogP contribution in [0, 0.1) is 0 Å². The molecule has 53 heavy (non-hydrogen) atoms. The van der Waals surface area contributed by atoms with Gasteiger partial charge in [0.25, 0.3) is 5.91 Å². The number of aliphatic carboxylic acids is 1. The van der Waals surface area contributed by atoms with Crippen LogP contribution in [-0.4, -0.2) is 66.3 Å². The number of hydrogen-bond acceptors (Lipinski definition) is 9. The third-order valence-electron chi connectivity index (χ3n) is 8.65. The number of benzene rings is 2. The van der Waals surface area contributed by atoms with Crippen LogP contribution in [0.25, 0.3) is 22.5 Å². The van der Waals surface area contributed by atoms with Gasteiger partial charge in [-0.2, -0.15) is 5.10 Å². The Bertz CT molecular complexity index is 1920. The van der Waals surface area contributed by atoms with Crippen molar-refractivity contribution in [2.75, 3.05) is 6.61 Å². The van der Waals surface area contributed by atoms with Crippen molar-refractivity contribution in [1.29, 1.82) is 0 Å². The molecule has 3 heterocycles. The second kappa shape index (κ2) is 18.4. The van der Waals surface area contributed by atoms with Crippen LogP contribution in [-0.2, 0) is 28.0 Å². The van der Waals surface area contributed by atoms with Crippen LogP contribution in [0.3, 0.4) is 0 Å². The first kappa shape index (κ1) is 38.8. The number of carboxylic acids is 1. The van der Waals surface area contributed by atoms with Crippen molar-refractivity contribution in [1.82, 2.24) is 35.4 Å². The highest BCUT2D eigenvalue weighted by atomic mass is 32.1. The van der Waals surface area contributed by atoms with Gasteiger partial charge < -0.3 is 20.5 Å². The van der Waals surface area contributed by atoms with Gasteiger partial charge in [0.15, 0.2) is 5.82 Å². The Morgan fingerprint density at radius 1 is 0.849 bits per heavy atom. The van der Waals surface area contributed by atoms with Crippen LogP contribution in [0.2, 0.25) is 0 Å². The normalized spacial score (nSPS) is 12.5. The van der Waals surface area contributed by atoms with E-state index >= 15 is 0 Å². The molecule has 12 nitrogen and oxygen atoms in total. The number of ether oxygens (including phenoxy) is 1. The topological polar surface area (TPSA) is 161 Å². The summed E-state index contributed by atoms with van der Waals surface area (Å²) >= 11 is 1.36. The Kier molecular flexibility index (Phi) is 13.4. The number of carbonyl (C=O) groups excluding carboxylic acids is 2. The molecule has 0 aliphatic heterocycles. The van der Waals surface area contributed by atoms with E-state index in [0.29, 0.717) is 17.3 Å². The third-order valence-corrected chi connectivity index (χ3v) is 10.2. The number of carbonyl (C=O) groups is 3. The predicted octanol–water partition coefficient (Wildman–Crippen LogP) is 6.72. The standard InChI is InChI=1S/C40H47N7O5S/c1-5-6-7-8-9-20-52-31-16-14-28(15-17-31)30-22-42-36(43-23-30)29-12-10-27(11-13-29)21-32(45-38(49)34-18-19-35(53-34)40(2,3)4)37(48)46-33(39(50)51)24-47-26-41-25-44-47/h10-19,22-23,25-26,32-33H,5-9,20-21,24H2,1-4H3,(H,45,49)(H,46,48)(H,50,51)/t32-,33-/m0/s1. The molecule has 13 heteroatoms. The Balaban J connectivity index is 1.25. The second-order valence-corrected chi connectivity index (χ2v) is 15.0. The summed E-state index contributed by atoms with van der Waals surface area (Å²) in [4.78, 5) is 53.6. The van der Waals surface area contributed by atoms with E-state index in [2.05, 4.69) is 58.4 Å². The molecular weight excluding hydrogens is 691 g/mol. The van der Waals surface area contributed by atoms with E-state index < -0.39 is 29.9 Å². The monoisotopic (exact) mass is 737 g/mol. The van der Waals surface area contributed by atoms with Crippen LogP contribution >= 0.6 is 11.3 Å². The lowest BCUT2D eigenvalue weighted by atomic mass is 9.95. The molecule has 5 rings (SSSR count). The average molecular weight is 738 g/mol. The molecule has 0 spiro atoms. The molecule has 278 valence electrons. The Labute approximate surface area is 314 Å². The number of nitrogens with one attached hydrogen (secondary N) is 2. The number of unbranched alkanes of at least 4 members (excludes halogenated alkanes) is 4. The number of amides is 2. The van der Waals surface area contributed by atoms with Gasteiger partial charge >= 0.3 is 5.97 Å². The average Bonchev–Trinajstić information content (AvgIpc) is 3.87. The van der Waals surface area contributed by atoms with Gasteiger partial charge in [0, 0.05) is 34.8 Å². The molecule has 0 fully saturated rings. The maximum atomic E-state index is 13.6. The number of hydrogen-bond donors (Lipinski definition) is 3. The van der Waals surface area contributed by atoms with Crippen LogP contribution in [0.15, 0.2) is 85.7 Å². The van der Waals surface area contributed by atoms with E-state index in [4.69, 9.17) is 4.74 Å². The van der Waals surface area contributed by atoms with Crippen LogP contribution in [0.5, 0.6) is 5.75 Å². The number of nitrogens with zero attached hydrogens (tertiary/aromatic N) is 5. The molecular formula is C40H47N7O5S. The molecule has 2 amide bonds. The highest BCUT2D eigenvalue weighted by Crippen LogP contribution is 2.29. The summed E-state index contributed by atoms with van der Waals surface area (Å²) in [5.41, 5.74) is 3.25. The summed E-state index contributed by atoms with van der Waals surface area (Å²) in [7, 11) is 0. The zero-order valence-corrected chi connectivity index (χ0v) is 31.4. The lowest BCUT2D eigenvalue weighted by Crippen LogP contribution is -2.53. The maximum Gasteiger partial charge on any atom is 0.328 e. The fourth-order valence-electron chi connectivity index (χ4n) is 5.56. The van der Waals surface area contributed by atoms with Crippen molar-refractivity contribution in [2.45, 2.75) is 90.3 Å². The van der Waals surface area contributed by atoms with Gasteiger partial charge in [-0.3, -0.25) is 14.3 Å². The van der Waals surface area contributed by atoms with Crippen molar-refractivity contribution in [3.63, 3.8) is 0 Å². The minimum Gasteiger partial charge on any atom is -0.494 e. The van der Waals surface area contributed by atoms with E-state index in [1.807, 2.05) is 54.6 Å². The summed E-state index contributed by atoms with van der Waals surface area (Å²) < 4.78 is 7.22. The van der Waals surface area contributed by atoms with Gasteiger partial charge in [0.05, 0.1) is 18.0 Å². The highest BCUT2D eigenvalue weighted by molar-refractivity contribution is 7.14. The van der Waals surface area contributed by atoms with Crippen LogP contribution in [0.4, 0.5) is 0 Å². The lowest BCUT2D eigenvalue weighted by molar-refractivity contribution is -0.142. The first-order chi connectivity index (χ1) is 25.5. The highest BCUT2D eigenvalue weighted by Gasteiger charge is 2.29. The third kappa shape index (κ3) is 11.3. The van der Waals surface area contributed by atoms with Crippen molar-refractivity contribution in [2.24, 2.45) is 0 Å². The van der Waals surface area contributed by atoms with Gasteiger partial charge in [-0.05, 0) is 47.2 Å². The molecule has 0 bridgehead atoms. The van der Waals surface area contributed by atoms with Gasteiger partial charge in [-0.15, -0.1) is 11.3 Å². The number of carboxylic acid groups (broad SMARTS) is 1. The quantitative estimate of drug-likeness (QED) is 0.0830. The summed E-state index contributed by atoms with van der Waals surface area (Å²) in [5.74, 6) is -0.911. The molecule has 3 aromatic heterocycles. The van der Waals surface area contributed by atoms with Crippen LogP contribution < -0.4 is 15.4 Å². The van der Waals surface area contributed by atoms with Crippen LogP contribution in [0.1, 0.15) is 79.9 Å². The molecule has 2 atom stereocenters. The first-order valence-electron chi connectivity index (χ1n) is 17.9. The lowest BCUT2D eigenvalue weighted by Gasteiger charge is -2.21. The van der Waals surface area contributed by atoms with Crippen molar-refractivity contribution >= 4 is 29.1 Å². The molecule has 2 aromatic carbocycles. The molecule has 0 saturated carbocycles. The zero-order chi connectivity index (χ0) is 37.8. The molecule has 0 aliphatic carbocycles. The summed E-state index contributed by atoms with van der Waals surface area (Å²) in [6.45, 7) is 8.98. The first-order valence-corrected chi connectivity index (χ1v) is 18.7. The second-order valence-electron chi connectivity index (χ2n) is 13.9. The van der Waals surface area contributed by atoms with Crippen molar-refractivity contribution in [3.05, 3.63) is 101 Å². The zero-order valence-electron chi connectivity index (χ0n) is 30.6. The fourth-order valence-corrected chi connectivity index (χ4v) is 6.53. The van der Waals surface area contributed by atoms with Gasteiger partial charge in [0.2, 0.25) is 5.91 Å². The van der Waals surface area contributed by atoms with E-state index in [-0.39, 0.29) is 18.4 Å². The summed E-state index contributed by atoms with van der Waals surface area (Å²) in [5, 5.41) is 19.2. The van der Waals surface area contributed by atoms with E-state index in [0.717, 1.165) is 39.3 Å². The Morgan fingerprint density at radius 2 is 1.55 bits per heavy atom. The minimum absolute atomic E-state index is 0.114. The van der Waals surface area contributed by atoms with Gasteiger partial charge in [-0.1, -0.05) is 89.8 Å². The predicted molar refractivity (Wildman–Crippen MR) is 205 cm³/mol. The number of thiophene rings is 1. The Morgan fingerprint density at radius 3 is 2.17 bits per heavy atom. The number of aromatic nitrogens is 5. The maximum absolute atomic E-state index is 13.6. The molecule has 0 radical (unpaired) electrons. The van der Waals surface area contributed by atoms with Gasteiger partial charge in [-0.25, -0.2) is 19.7 Å². The Hall–Kier alpha value is -5.43. The summed E-state index contributed by atoms with van der Waals surface area (Å²) in [6, 6.07) is 16.6. The summed E-state index contributed by atoms with van der Waals surface area (Å²) in [6.07, 6.45) is 12.3. The smallest absolute Gasteiger partial charge is 0.328 e. The van der Waals surface area contributed by atoms with Crippen molar-refractivity contribution < 1.29 is 24.2 Å². The van der Waals surface area contributed by atoms with Crippen molar-refractivity contribution in [3.8, 4) is 28.3 Å². The van der Waals surface area contributed by atoms with E-state index in [1.54, 1.807) is 18.5 Å². The fraction of sp³-hybridized carbons (Fsp3) is 0.375. The molecule has 0 saturated heterocycles. The van der Waals surface area contributed by atoms with E-state index in [9.17, 15) is 19.5 Å². The molecule has 0 unspecified atom stereocenters.